The maximum absolute atomic E-state index is 13.5. The Bertz CT molecular complexity index is 1060. The summed E-state index contributed by atoms with van der Waals surface area (Å²) in [4.78, 5) is 14.9. The zero-order chi connectivity index (χ0) is 20.0. The molecule has 152 valence electrons. The van der Waals surface area contributed by atoms with Crippen LogP contribution >= 0.6 is 0 Å². The molecule has 0 spiro atoms. The Balaban J connectivity index is 1.45. The fourth-order valence-electron chi connectivity index (χ4n) is 4.67. The summed E-state index contributed by atoms with van der Waals surface area (Å²) < 4.78 is 28.5. The van der Waals surface area contributed by atoms with Crippen LogP contribution < -0.4 is 4.31 Å². The van der Waals surface area contributed by atoms with Crippen molar-refractivity contribution in [2.75, 3.05) is 17.4 Å². The number of hydrogen-bond acceptors (Lipinski definition) is 3. The second kappa shape index (κ2) is 7.17. The summed E-state index contributed by atoms with van der Waals surface area (Å²) in [6.45, 7) is 1.75. The summed E-state index contributed by atoms with van der Waals surface area (Å²) in [6, 6.07) is 13.2. The molecule has 6 heteroatoms. The molecule has 0 bridgehead atoms. The van der Waals surface area contributed by atoms with Crippen LogP contribution in [0.2, 0.25) is 0 Å². The Morgan fingerprint density at radius 2 is 1.72 bits per heavy atom. The van der Waals surface area contributed by atoms with E-state index in [4.69, 9.17) is 0 Å². The van der Waals surface area contributed by atoms with Crippen molar-refractivity contribution in [1.29, 1.82) is 0 Å². The number of carbonyl (C=O) groups excluding carboxylic acids is 1. The van der Waals surface area contributed by atoms with Crippen molar-refractivity contribution < 1.29 is 13.2 Å². The van der Waals surface area contributed by atoms with Crippen LogP contribution in [0.15, 0.2) is 47.4 Å². The Hall–Kier alpha value is -2.34. The van der Waals surface area contributed by atoms with E-state index in [1.807, 2.05) is 35.2 Å². The highest BCUT2D eigenvalue weighted by atomic mass is 32.2. The van der Waals surface area contributed by atoms with Crippen LogP contribution in [0.25, 0.3) is 0 Å². The van der Waals surface area contributed by atoms with Crippen molar-refractivity contribution in [1.82, 2.24) is 4.90 Å². The molecular formula is C23H26N2O3S. The molecule has 1 fully saturated rings. The molecule has 1 amide bonds. The van der Waals surface area contributed by atoms with Crippen molar-refractivity contribution in [2.45, 2.75) is 50.0 Å². The second-order valence-electron chi connectivity index (χ2n) is 8.38. The van der Waals surface area contributed by atoms with E-state index in [0.717, 1.165) is 67.4 Å². The molecule has 0 N–H and O–H groups in total. The molecule has 1 aliphatic carbocycles. The molecule has 2 heterocycles. The fraction of sp³-hybridized carbons (Fsp3) is 0.435. The number of amides is 1. The van der Waals surface area contributed by atoms with E-state index in [2.05, 4.69) is 0 Å². The van der Waals surface area contributed by atoms with Crippen molar-refractivity contribution in [3.8, 4) is 0 Å². The smallest absolute Gasteiger partial charge is 0.264 e. The Morgan fingerprint density at radius 3 is 2.52 bits per heavy atom. The van der Waals surface area contributed by atoms with Crippen LogP contribution in [0.1, 0.15) is 42.4 Å². The molecule has 2 aromatic carbocycles. The minimum atomic E-state index is -3.63. The number of para-hydroxylation sites is 1. The highest BCUT2D eigenvalue weighted by molar-refractivity contribution is 7.92. The van der Waals surface area contributed by atoms with Crippen LogP contribution in [0.5, 0.6) is 0 Å². The molecule has 1 saturated carbocycles. The normalized spacial score (nSPS) is 19.3. The van der Waals surface area contributed by atoms with E-state index in [1.165, 1.54) is 0 Å². The van der Waals surface area contributed by atoms with E-state index in [-0.39, 0.29) is 11.8 Å². The number of benzene rings is 2. The van der Waals surface area contributed by atoms with Gasteiger partial charge in [0, 0.05) is 25.6 Å². The lowest BCUT2D eigenvalue weighted by Gasteiger charge is -2.35. The first-order valence-electron chi connectivity index (χ1n) is 10.6. The summed E-state index contributed by atoms with van der Waals surface area (Å²) in [5.41, 5.74) is 3.99. The molecule has 2 aliphatic heterocycles. The molecule has 5 nitrogen and oxygen atoms in total. The quantitative estimate of drug-likeness (QED) is 0.778. The number of hydrogen-bond donors (Lipinski definition) is 0. The van der Waals surface area contributed by atoms with Gasteiger partial charge >= 0.3 is 0 Å². The zero-order valence-corrected chi connectivity index (χ0v) is 17.3. The first-order valence-corrected chi connectivity index (χ1v) is 12.0. The molecule has 0 atom stereocenters. The molecule has 0 radical (unpaired) electrons. The Kier molecular flexibility index (Phi) is 4.62. The highest BCUT2D eigenvalue weighted by Gasteiger charge is 2.33. The number of rotatable bonds is 3. The molecule has 0 aromatic heterocycles. The van der Waals surface area contributed by atoms with E-state index in [9.17, 15) is 13.2 Å². The molecule has 29 heavy (non-hydrogen) atoms. The van der Waals surface area contributed by atoms with Crippen LogP contribution in [-0.2, 0) is 34.2 Å². The largest absolute Gasteiger partial charge is 0.338 e. The van der Waals surface area contributed by atoms with Crippen LogP contribution in [-0.4, -0.2) is 32.3 Å². The molecule has 0 unspecified atom stereocenters. The minimum Gasteiger partial charge on any atom is -0.338 e. The van der Waals surface area contributed by atoms with E-state index < -0.39 is 10.0 Å². The number of aryl methyl sites for hydroxylation is 1. The lowest BCUT2D eigenvalue weighted by Crippen LogP contribution is -2.42. The third-order valence-corrected chi connectivity index (χ3v) is 8.42. The first-order chi connectivity index (χ1) is 14.0. The van der Waals surface area contributed by atoms with Gasteiger partial charge in [-0.3, -0.25) is 9.10 Å². The topological polar surface area (TPSA) is 57.7 Å². The SMILES string of the molecule is O=C(C1CCC1)N1CCc2ccc(S(=O)(=O)N3CCCc4ccccc43)cc2C1. The minimum absolute atomic E-state index is 0.174. The van der Waals surface area contributed by atoms with Gasteiger partial charge in [-0.2, -0.15) is 0 Å². The molecule has 2 aromatic rings. The van der Waals surface area contributed by atoms with Gasteiger partial charge in [0.2, 0.25) is 5.91 Å². The first kappa shape index (κ1) is 18.7. The van der Waals surface area contributed by atoms with Gasteiger partial charge in [-0.1, -0.05) is 30.7 Å². The second-order valence-corrected chi connectivity index (χ2v) is 10.2. The lowest BCUT2D eigenvalue weighted by molar-refractivity contribution is -0.139. The highest BCUT2D eigenvalue weighted by Crippen LogP contribution is 2.34. The van der Waals surface area contributed by atoms with Gasteiger partial charge in [0.1, 0.15) is 0 Å². The summed E-state index contributed by atoms with van der Waals surface area (Å²) in [5, 5.41) is 0. The summed E-state index contributed by atoms with van der Waals surface area (Å²) in [7, 11) is -3.63. The predicted molar refractivity (Wildman–Crippen MR) is 112 cm³/mol. The Labute approximate surface area is 172 Å². The van der Waals surface area contributed by atoms with Gasteiger partial charge in [-0.15, -0.1) is 0 Å². The number of sulfonamides is 1. The maximum Gasteiger partial charge on any atom is 0.264 e. The summed E-state index contributed by atoms with van der Waals surface area (Å²) >= 11 is 0. The lowest BCUT2D eigenvalue weighted by atomic mass is 9.84. The van der Waals surface area contributed by atoms with Crippen molar-refractivity contribution in [2.24, 2.45) is 5.92 Å². The number of carbonyl (C=O) groups is 1. The van der Waals surface area contributed by atoms with Crippen LogP contribution in [0.3, 0.4) is 0 Å². The van der Waals surface area contributed by atoms with Gasteiger partial charge in [-0.05, 0) is 67.0 Å². The van der Waals surface area contributed by atoms with Crippen molar-refractivity contribution in [3.05, 3.63) is 59.2 Å². The number of nitrogens with zero attached hydrogens (tertiary/aromatic N) is 2. The van der Waals surface area contributed by atoms with E-state index in [1.54, 1.807) is 16.4 Å². The van der Waals surface area contributed by atoms with Crippen LogP contribution in [0.4, 0.5) is 5.69 Å². The van der Waals surface area contributed by atoms with Gasteiger partial charge in [0.15, 0.2) is 0 Å². The van der Waals surface area contributed by atoms with Gasteiger partial charge in [0.25, 0.3) is 10.0 Å². The number of anilines is 1. The molecule has 0 saturated heterocycles. The number of fused-ring (bicyclic) bond motifs is 2. The van der Waals surface area contributed by atoms with Crippen molar-refractivity contribution >= 4 is 21.6 Å². The monoisotopic (exact) mass is 410 g/mol. The Morgan fingerprint density at radius 1 is 0.897 bits per heavy atom. The summed E-state index contributed by atoms with van der Waals surface area (Å²) in [5.74, 6) is 0.411. The fourth-order valence-corrected chi connectivity index (χ4v) is 6.26. The average molecular weight is 411 g/mol. The van der Waals surface area contributed by atoms with Crippen LogP contribution in [0, 0.1) is 5.92 Å². The average Bonchev–Trinajstić information content (AvgIpc) is 2.71. The molecule has 5 rings (SSSR count). The van der Waals surface area contributed by atoms with Crippen molar-refractivity contribution in [3.63, 3.8) is 0 Å². The van der Waals surface area contributed by atoms with Gasteiger partial charge in [0.05, 0.1) is 10.6 Å². The molecule has 3 aliphatic rings. The van der Waals surface area contributed by atoms with Gasteiger partial charge < -0.3 is 4.90 Å². The molecular weight excluding hydrogens is 384 g/mol. The predicted octanol–water partition coefficient (Wildman–Crippen LogP) is 3.51. The third kappa shape index (κ3) is 3.23. The zero-order valence-electron chi connectivity index (χ0n) is 16.5. The summed E-state index contributed by atoms with van der Waals surface area (Å²) in [6.07, 6.45) is 5.65. The standard InChI is InChI=1S/C23H26N2O3S/c26-23(19-6-3-7-19)24-14-12-17-10-11-21(15-20(17)16-24)29(27,28)25-13-4-8-18-5-1-2-9-22(18)25/h1-2,5,9-11,15,19H,3-4,6-8,12-14,16H2. The van der Waals surface area contributed by atoms with E-state index in [0.29, 0.717) is 18.0 Å². The third-order valence-electron chi connectivity index (χ3n) is 6.61. The van der Waals surface area contributed by atoms with Gasteiger partial charge in [-0.25, -0.2) is 8.42 Å². The van der Waals surface area contributed by atoms with E-state index >= 15 is 0 Å². The maximum atomic E-state index is 13.5.